The number of aryl methyl sites for hydroxylation is 1. The van der Waals surface area contributed by atoms with E-state index < -0.39 is 5.60 Å². The molecule has 1 atom stereocenters. The Morgan fingerprint density at radius 1 is 1.62 bits per heavy atom. The molecule has 0 bridgehead atoms. The Balaban J connectivity index is 3.06. The Morgan fingerprint density at radius 2 is 2.25 bits per heavy atom. The maximum Gasteiger partial charge on any atom is 0.0835 e. The molecule has 0 aliphatic heterocycles. The lowest BCUT2D eigenvalue weighted by Crippen LogP contribution is -2.38. The van der Waals surface area contributed by atoms with Crippen LogP contribution in [0.15, 0.2) is 6.20 Å². The van der Waals surface area contributed by atoms with Gasteiger partial charge in [-0.05, 0) is 20.3 Å². The molecular weight excluding hydrogens is 226 g/mol. The number of methoxy groups -OCH3 is 1. The van der Waals surface area contributed by atoms with Crippen molar-refractivity contribution in [2.75, 3.05) is 7.11 Å². The Kier molecular flexibility index (Phi) is 4.35. The molecule has 0 spiro atoms. The van der Waals surface area contributed by atoms with Gasteiger partial charge in [0.15, 0.2) is 0 Å². The van der Waals surface area contributed by atoms with Crippen LogP contribution in [0.25, 0.3) is 0 Å². The first-order chi connectivity index (χ1) is 7.44. The summed E-state index contributed by atoms with van der Waals surface area (Å²) in [6.07, 6.45) is 2.63. The van der Waals surface area contributed by atoms with Gasteiger partial charge in [-0.25, -0.2) is 0 Å². The summed E-state index contributed by atoms with van der Waals surface area (Å²) < 4.78 is 7.24. The SMILES string of the molecule is CCCn1ncc(Cl)c1C(N)C(C)(C)OC. The molecule has 1 aromatic rings. The van der Waals surface area contributed by atoms with Crippen LogP contribution in [0.5, 0.6) is 0 Å². The highest BCUT2D eigenvalue weighted by Crippen LogP contribution is 2.30. The largest absolute Gasteiger partial charge is 0.377 e. The topological polar surface area (TPSA) is 53.1 Å². The highest BCUT2D eigenvalue weighted by Gasteiger charge is 2.31. The molecular formula is C11H20ClN3O. The first-order valence-electron chi connectivity index (χ1n) is 5.46. The molecule has 1 unspecified atom stereocenters. The second kappa shape index (κ2) is 5.17. The number of hydrogen-bond acceptors (Lipinski definition) is 3. The summed E-state index contributed by atoms with van der Waals surface area (Å²) in [7, 11) is 1.65. The smallest absolute Gasteiger partial charge is 0.0835 e. The Hall–Kier alpha value is -0.580. The lowest BCUT2D eigenvalue weighted by atomic mass is 9.96. The van der Waals surface area contributed by atoms with E-state index in [2.05, 4.69) is 12.0 Å². The van der Waals surface area contributed by atoms with Crippen molar-refractivity contribution in [1.29, 1.82) is 0 Å². The monoisotopic (exact) mass is 245 g/mol. The summed E-state index contributed by atoms with van der Waals surface area (Å²) in [5.41, 5.74) is 6.57. The number of rotatable bonds is 5. The van der Waals surface area contributed by atoms with Gasteiger partial charge in [0, 0.05) is 13.7 Å². The molecule has 0 radical (unpaired) electrons. The highest BCUT2D eigenvalue weighted by atomic mass is 35.5. The van der Waals surface area contributed by atoms with Crippen molar-refractivity contribution < 1.29 is 4.74 Å². The maximum atomic E-state index is 6.19. The third-order valence-electron chi connectivity index (χ3n) is 2.84. The lowest BCUT2D eigenvalue weighted by molar-refractivity contribution is -0.00223. The normalized spacial score (nSPS) is 14.1. The highest BCUT2D eigenvalue weighted by molar-refractivity contribution is 6.31. The van der Waals surface area contributed by atoms with Crippen LogP contribution in [0, 0.1) is 0 Å². The van der Waals surface area contributed by atoms with Crippen molar-refractivity contribution in [3.8, 4) is 0 Å². The second-order valence-corrected chi connectivity index (χ2v) is 4.79. The average molecular weight is 246 g/mol. The predicted molar refractivity (Wildman–Crippen MR) is 65.5 cm³/mol. The van der Waals surface area contributed by atoms with Crippen molar-refractivity contribution in [3.63, 3.8) is 0 Å². The van der Waals surface area contributed by atoms with Crippen LogP contribution in [0.3, 0.4) is 0 Å². The van der Waals surface area contributed by atoms with Gasteiger partial charge in [-0.15, -0.1) is 0 Å². The molecule has 0 aliphatic rings. The molecule has 0 saturated carbocycles. The number of ether oxygens (including phenoxy) is 1. The van der Waals surface area contributed by atoms with Crippen molar-refractivity contribution in [3.05, 3.63) is 16.9 Å². The average Bonchev–Trinajstić information content (AvgIpc) is 2.59. The molecule has 1 aromatic heterocycles. The van der Waals surface area contributed by atoms with Crippen LogP contribution < -0.4 is 5.73 Å². The Labute approximate surface area is 102 Å². The van der Waals surface area contributed by atoms with E-state index in [4.69, 9.17) is 22.1 Å². The summed E-state index contributed by atoms with van der Waals surface area (Å²) in [5.74, 6) is 0. The van der Waals surface area contributed by atoms with Crippen LogP contribution in [-0.4, -0.2) is 22.5 Å². The number of hydrogen-bond donors (Lipinski definition) is 1. The van der Waals surface area contributed by atoms with E-state index in [0.717, 1.165) is 18.7 Å². The number of halogens is 1. The van der Waals surface area contributed by atoms with E-state index in [1.807, 2.05) is 18.5 Å². The van der Waals surface area contributed by atoms with E-state index in [1.165, 1.54) is 0 Å². The van der Waals surface area contributed by atoms with Crippen molar-refractivity contribution in [1.82, 2.24) is 9.78 Å². The third kappa shape index (κ3) is 2.56. The molecule has 5 heteroatoms. The maximum absolute atomic E-state index is 6.19. The van der Waals surface area contributed by atoms with Crippen LogP contribution >= 0.6 is 11.6 Å². The predicted octanol–water partition coefficient (Wildman–Crippen LogP) is 2.37. The molecule has 92 valence electrons. The third-order valence-corrected chi connectivity index (χ3v) is 3.13. The van der Waals surface area contributed by atoms with E-state index in [0.29, 0.717) is 5.02 Å². The van der Waals surface area contributed by atoms with Crippen molar-refractivity contribution in [2.45, 2.75) is 45.4 Å². The van der Waals surface area contributed by atoms with Crippen LogP contribution in [0.1, 0.15) is 38.9 Å². The molecule has 16 heavy (non-hydrogen) atoms. The second-order valence-electron chi connectivity index (χ2n) is 4.39. The fraction of sp³-hybridized carbons (Fsp3) is 0.727. The molecule has 0 amide bonds. The summed E-state index contributed by atoms with van der Waals surface area (Å²) in [5, 5.41) is 4.83. The zero-order valence-corrected chi connectivity index (χ0v) is 11.1. The van der Waals surface area contributed by atoms with E-state index in [-0.39, 0.29) is 6.04 Å². The molecule has 4 nitrogen and oxygen atoms in total. The minimum Gasteiger partial charge on any atom is -0.377 e. The molecule has 1 rings (SSSR count). The zero-order chi connectivity index (χ0) is 12.3. The van der Waals surface area contributed by atoms with Gasteiger partial charge in [0.05, 0.1) is 28.6 Å². The van der Waals surface area contributed by atoms with Gasteiger partial charge < -0.3 is 10.5 Å². The Morgan fingerprint density at radius 3 is 2.75 bits per heavy atom. The van der Waals surface area contributed by atoms with Crippen LogP contribution in [0.2, 0.25) is 5.02 Å². The van der Waals surface area contributed by atoms with Crippen molar-refractivity contribution in [2.24, 2.45) is 5.73 Å². The summed E-state index contributed by atoms with van der Waals surface area (Å²) in [6, 6.07) is -0.293. The Bertz CT molecular complexity index is 349. The minimum absolute atomic E-state index is 0.293. The number of nitrogens with zero attached hydrogens (tertiary/aromatic N) is 2. The quantitative estimate of drug-likeness (QED) is 0.867. The molecule has 2 N–H and O–H groups in total. The van der Waals surface area contributed by atoms with Gasteiger partial charge in [0.1, 0.15) is 0 Å². The molecule has 0 fully saturated rings. The number of nitrogens with two attached hydrogens (primary N) is 1. The molecule has 0 aliphatic carbocycles. The summed E-state index contributed by atoms with van der Waals surface area (Å²) in [6.45, 7) is 6.79. The van der Waals surface area contributed by atoms with Gasteiger partial charge in [-0.1, -0.05) is 18.5 Å². The van der Waals surface area contributed by atoms with Gasteiger partial charge in [-0.3, -0.25) is 4.68 Å². The standard InChI is InChI=1S/C11H20ClN3O/c1-5-6-15-9(8(12)7-14-15)10(13)11(2,3)16-4/h7,10H,5-6,13H2,1-4H3. The fourth-order valence-corrected chi connectivity index (χ4v) is 1.79. The molecule has 0 saturated heterocycles. The zero-order valence-electron chi connectivity index (χ0n) is 10.3. The first-order valence-corrected chi connectivity index (χ1v) is 5.83. The van der Waals surface area contributed by atoms with Crippen molar-refractivity contribution >= 4 is 11.6 Å². The fourth-order valence-electron chi connectivity index (χ4n) is 1.53. The molecule has 0 aromatic carbocycles. The van der Waals surface area contributed by atoms with Gasteiger partial charge >= 0.3 is 0 Å². The van der Waals surface area contributed by atoms with E-state index in [1.54, 1.807) is 13.3 Å². The van der Waals surface area contributed by atoms with E-state index >= 15 is 0 Å². The van der Waals surface area contributed by atoms with Gasteiger partial charge in [0.25, 0.3) is 0 Å². The molecule has 1 heterocycles. The van der Waals surface area contributed by atoms with E-state index in [9.17, 15) is 0 Å². The van der Waals surface area contributed by atoms with Gasteiger partial charge in [0.2, 0.25) is 0 Å². The van der Waals surface area contributed by atoms with Gasteiger partial charge in [-0.2, -0.15) is 5.10 Å². The summed E-state index contributed by atoms with van der Waals surface area (Å²) >= 11 is 6.12. The van der Waals surface area contributed by atoms with Crippen LogP contribution in [0.4, 0.5) is 0 Å². The minimum atomic E-state index is -0.463. The van der Waals surface area contributed by atoms with Crippen LogP contribution in [-0.2, 0) is 11.3 Å². The lowest BCUT2D eigenvalue weighted by Gasteiger charge is -2.30. The summed E-state index contributed by atoms with van der Waals surface area (Å²) in [4.78, 5) is 0. The number of aromatic nitrogens is 2. The first kappa shape index (κ1) is 13.5.